The second kappa shape index (κ2) is 13.2. The molecule has 0 aromatic heterocycles. The van der Waals surface area contributed by atoms with Crippen LogP contribution >= 0.6 is 0 Å². The van der Waals surface area contributed by atoms with Gasteiger partial charge in [0.15, 0.2) is 6.23 Å². The SMILES string of the molecule is CC1=COC(C2CCCCCC2)N(Cc2ccccc2NC(c2ccccc2)(c2ccccc2)c2ccccc2)C=C1. The summed E-state index contributed by atoms with van der Waals surface area (Å²) in [6.07, 6.45) is 14.1. The summed E-state index contributed by atoms with van der Waals surface area (Å²) in [5.74, 6) is 0.525. The molecule has 1 N–H and O–H groups in total. The average Bonchev–Trinajstić information content (AvgIpc) is 3.43. The molecule has 1 fully saturated rings. The van der Waals surface area contributed by atoms with E-state index >= 15 is 0 Å². The van der Waals surface area contributed by atoms with E-state index in [1.165, 1.54) is 60.8 Å². The van der Waals surface area contributed by atoms with E-state index in [1.54, 1.807) is 0 Å². The van der Waals surface area contributed by atoms with Crippen LogP contribution in [0, 0.1) is 5.92 Å². The van der Waals surface area contributed by atoms with Crippen LogP contribution in [-0.2, 0) is 16.8 Å². The van der Waals surface area contributed by atoms with Gasteiger partial charge in [0.25, 0.3) is 0 Å². The van der Waals surface area contributed by atoms with Crippen molar-refractivity contribution in [3.8, 4) is 0 Å². The van der Waals surface area contributed by atoms with Gasteiger partial charge < -0.3 is 15.0 Å². The summed E-state index contributed by atoms with van der Waals surface area (Å²) in [6.45, 7) is 2.88. The molecule has 0 bridgehead atoms. The highest BCUT2D eigenvalue weighted by molar-refractivity contribution is 5.63. The number of para-hydroxylation sites is 1. The van der Waals surface area contributed by atoms with Gasteiger partial charge in [0.1, 0.15) is 5.54 Å². The van der Waals surface area contributed by atoms with Crippen LogP contribution in [0.15, 0.2) is 139 Å². The minimum absolute atomic E-state index is 0.0342. The third-order valence-electron chi connectivity index (χ3n) is 8.87. The Hall–Kier alpha value is -4.24. The highest BCUT2D eigenvalue weighted by Gasteiger charge is 2.37. The Morgan fingerprint density at radius 2 is 1.21 bits per heavy atom. The highest BCUT2D eigenvalue weighted by atomic mass is 16.5. The molecular weight excluding hydrogens is 512 g/mol. The maximum Gasteiger partial charge on any atom is 0.174 e. The van der Waals surface area contributed by atoms with Gasteiger partial charge in [0.05, 0.1) is 6.26 Å². The monoisotopic (exact) mass is 554 g/mol. The summed E-state index contributed by atoms with van der Waals surface area (Å²) in [5.41, 5.74) is 6.54. The predicted octanol–water partition coefficient (Wildman–Crippen LogP) is 9.64. The molecule has 214 valence electrons. The van der Waals surface area contributed by atoms with Crippen molar-refractivity contribution < 1.29 is 4.74 Å². The topological polar surface area (TPSA) is 24.5 Å². The smallest absolute Gasteiger partial charge is 0.174 e. The summed E-state index contributed by atoms with van der Waals surface area (Å²) in [4.78, 5) is 2.43. The minimum atomic E-state index is -0.580. The molecule has 0 radical (unpaired) electrons. The van der Waals surface area contributed by atoms with E-state index in [0.717, 1.165) is 17.8 Å². The maximum atomic E-state index is 6.52. The first kappa shape index (κ1) is 27.9. The Kier molecular flexibility index (Phi) is 8.75. The molecule has 1 atom stereocenters. The van der Waals surface area contributed by atoms with Gasteiger partial charge in [-0.05, 0) is 59.7 Å². The van der Waals surface area contributed by atoms with Crippen molar-refractivity contribution in [2.24, 2.45) is 5.92 Å². The van der Waals surface area contributed by atoms with Gasteiger partial charge >= 0.3 is 0 Å². The molecule has 1 heterocycles. The maximum absolute atomic E-state index is 6.52. The lowest BCUT2D eigenvalue weighted by atomic mass is 9.76. The number of nitrogens with one attached hydrogen (secondary N) is 1. The number of benzene rings is 4. The van der Waals surface area contributed by atoms with Crippen LogP contribution in [0.1, 0.15) is 67.7 Å². The second-order valence-corrected chi connectivity index (χ2v) is 11.8. The van der Waals surface area contributed by atoms with Crippen LogP contribution in [0.3, 0.4) is 0 Å². The van der Waals surface area contributed by atoms with E-state index < -0.39 is 5.54 Å². The molecule has 1 saturated carbocycles. The number of allylic oxidation sites excluding steroid dienone is 2. The lowest BCUT2D eigenvalue weighted by Gasteiger charge is -2.39. The van der Waals surface area contributed by atoms with Crippen molar-refractivity contribution in [1.82, 2.24) is 4.90 Å². The standard InChI is InChI=1S/C39H42N2O/c1-31-27-28-41(38(42-30-31)32-17-7-2-3-8-18-32)29-33-19-15-16-26-37(33)40-39(34-20-9-4-10-21-34,35-22-11-5-12-23-35)36-24-13-6-14-25-36/h4-6,9-16,19-28,30,32,38,40H,2-3,7-8,17-18,29H2,1H3. The van der Waals surface area contributed by atoms with Gasteiger partial charge in [-0.2, -0.15) is 0 Å². The number of rotatable bonds is 8. The molecule has 6 rings (SSSR count). The van der Waals surface area contributed by atoms with Gasteiger partial charge in [-0.3, -0.25) is 0 Å². The van der Waals surface area contributed by atoms with Gasteiger partial charge in [-0.15, -0.1) is 0 Å². The first-order valence-corrected chi connectivity index (χ1v) is 15.5. The van der Waals surface area contributed by atoms with Crippen LogP contribution < -0.4 is 5.32 Å². The predicted molar refractivity (Wildman–Crippen MR) is 174 cm³/mol. The molecule has 4 aromatic carbocycles. The number of hydrogen-bond donors (Lipinski definition) is 1. The van der Waals surface area contributed by atoms with Crippen LogP contribution in [0.2, 0.25) is 0 Å². The molecule has 4 aromatic rings. The molecule has 3 nitrogen and oxygen atoms in total. The summed E-state index contributed by atoms with van der Waals surface area (Å²) < 4.78 is 6.52. The van der Waals surface area contributed by atoms with Crippen LogP contribution in [0.4, 0.5) is 5.69 Å². The first-order valence-electron chi connectivity index (χ1n) is 15.5. The molecule has 1 aliphatic heterocycles. The summed E-state index contributed by atoms with van der Waals surface area (Å²) in [5, 5.41) is 4.12. The van der Waals surface area contributed by atoms with E-state index in [2.05, 4.69) is 145 Å². The Morgan fingerprint density at radius 3 is 1.79 bits per heavy atom. The zero-order valence-electron chi connectivity index (χ0n) is 24.7. The van der Waals surface area contributed by atoms with E-state index in [0.29, 0.717) is 5.92 Å². The second-order valence-electron chi connectivity index (χ2n) is 11.8. The largest absolute Gasteiger partial charge is 0.478 e. The van der Waals surface area contributed by atoms with E-state index in [-0.39, 0.29) is 6.23 Å². The Bertz CT molecular complexity index is 1370. The fourth-order valence-electron chi connectivity index (χ4n) is 6.67. The Balaban J connectivity index is 1.42. The molecule has 1 aliphatic carbocycles. The summed E-state index contributed by atoms with van der Waals surface area (Å²) >= 11 is 0. The van der Waals surface area contributed by atoms with Gasteiger partial charge in [0, 0.05) is 24.4 Å². The first-order chi connectivity index (χ1) is 20.7. The lowest BCUT2D eigenvalue weighted by molar-refractivity contribution is -0.0312. The molecule has 0 saturated heterocycles. The molecule has 0 spiro atoms. The number of ether oxygens (including phenoxy) is 1. The van der Waals surface area contributed by atoms with E-state index in [4.69, 9.17) is 4.74 Å². The Labute approximate surface area is 251 Å². The number of hydrogen-bond acceptors (Lipinski definition) is 3. The highest BCUT2D eigenvalue weighted by Crippen LogP contribution is 2.41. The third kappa shape index (κ3) is 6.01. The van der Waals surface area contributed by atoms with Crippen molar-refractivity contribution in [3.63, 3.8) is 0 Å². The van der Waals surface area contributed by atoms with Gasteiger partial charge in [-0.1, -0.05) is 135 Å². The summed E-state index contributed by atoms with van der Waals surface area (Å²) in [6, 6.07) is 41.3. The van der Waals surface area contributed by atoms with Crippen molar-refractivity contribution in [2.45, 2.75) is 63.8 Å². The van der Waals surface area contributed by atoms with Crippen molar-refractivity contribution >= 4 is 5.69 Å². The van der Waals surface area contributed by atoms with E-state index in [1.807, 2.05) is 6.26 Å². The van der Waals surface area contributed by atoms with Crippen LogP contribution in [-0.4, -0.2) is 11.1 Å². The van der Waals surface area contributed by atoms with Gasteiger partial charge in [0.2, 0.25) is 0 Å². The molecule has 2 aliphatic rings. The number of anilines is 1. The molecule has 0 amide bonds. The van der Waals surface area contributed by atoms with E-state index in [9.17, 15) is 0 Å². The fraction of sp³-hybridized carbons (Fsp3) is 0.282. The normalized spacial score (nSPS) is 18.0. The molecule has 3 heteroatoms. The van der Waals surface area contributed by atoms with Crippen molar-refractivity contribution in [2.75, 3.05) is 5.32 Å². The third-order valence-corrected chi connectivity index (χ3v) is 8.87. The molecule has 42 heavy (non-hydrogen) atoms. The zero-order valence-corrected chi connectivity index (χ0v) is 24.7. The van der Waals surface area contributed by atoms with Crippen LogP contribution in [0.25, 0.3) is 0 Å². The quantitative estimate of drug-likeness (QED) is 0.173. The van der Waals surface area contributed by atoms with Crippen molar-refractivity contribution in [3.05, 3.63) is 162 Å². The number of nitrogens with zero attached hydrogens (tertiary/aromatic N) is 1. The zero-order chi connectivity index (χ0) is 28.6. The lowest BCUT2D eigenvalue weighted by Crippen LogP contribution is -2.40. The fourth-order valence-corrected chi connectivity index (χ4v) is 6.67. The average molecular weight is 555 g/mol. The Morgan fingerprint density at radius 1 is 0.690 bits per heavy atom. The van der Waals surface area contributed by atoms with Gasteiger partial charge in [-0.25, -0.2) is 0 Å². The molecular formula is C39H42N2O. The molecule has 1 unspecified atom stereocenters. The summed E-state index contributed by atoms with van der Waals surface area (Å²) in [7, 11) is 0. The minimum Gasteiger partial charge on any atom is -0.478 e. The van der Waals surface area contributed by atoms with Crippen LogP contribution in [0.5, 0.6) is 0 Å². The van der Waals surface area contributed by atoms with Crippen molar-refractivity contribution in [1.29, 1.82) is 0 Å².